The predicted molar refractivity (Wildman–Crippen MR) is 66.6 cm³/mol. The molecule has 0 atom stereocenters. The Bertz CT molecular complexity index is 438. The Morgan fingerprint density at radius 2 is 2.05 bits per heavy atom. The number of carbonyl (C=O) groups excluding carboxylic acids is 1. The van der Waals surface area contributed by atoms with Crippen molar-refractivity contribution in [2.24, 2.45) is 5.73 Å². The van der Waals surface area contributed by atoms with Gasteiger partial charge in [-0.3, -0.25) is 4.79 Å². The smallest absolute Gasteiger partial charge is 0.419 e. The Labute approximate surface area is 114 Å². The first kappa shape index (κ1) is 17.5. The molecule has 108 valence electrons. The molecule has 0 aliphatic rings. The van der Waals surface area contributed by atoms with Crippen molar-refractivity contribution in [3.05, 3.63) is 29.3 Å². The molecule has 0 aliphatic heterocycles. The van der Waals surface area contributed by atoms with Crippen LogP contribution in [-0.2, 0) is 6.18 Å². The van der Waals surface area contributed by atoms with Crippen LogP contribution in [0.4, 0.5) is 13.2 Å². The zero-order valence-corrected chi connectivity index (χ0v) is 10.9. The van der Waals surface area contributed by atoms with Crippen molar-refractivity contribution in [3.63, 3.8) is 0 Å². The van der Waals surface area contributed by atoms with Crippen molar-refractivity contribution >= 4 is 18.3 Å². The van der Waals surface area contributed by atoms with Crippen LogP contribution >= 0.6 is 12.4 Å². The van der Waals surface area contributed by atoms with E-state index in [1.807, 2.05) is 0 Å². The van der Waals surface area contributed by atoms with Crippen LogP contribution in [0.2, 0.25) is 0 Å². The number of alkyl halides is 3. The zero-order valence-electron chi connectivity index (χ0n) is 10.1. The van der Waals surface area contributed by atoms with E-state index < -0.39 is 17.6 Å². The summed E-state index contributed by atoms with van der Waals surface area (Å²) in [6.07, 6.45) is -4.59. The molecule has 0 bridgehead atoms. The molecule has 0 saturated carbocycles. The third-order valence-corrected chi connectivity index (χ3v) is 2.15. The maximum absolute atomic E-state index is 12.8. The first-order valence-electron chi connectivity index (χ1n) is 5.16. The quantitative estimate of drug-likeness (QED) is 0.891. The molecule has 3 N–H and O–H groups in total. The Hall–Kier alpha value is -1.47. The van der Waals surface area contributed by atoms with Gasteiger partial charge in [0, 0.05) is 19.2 Å². The molecule has 0 aliphatic carbocycles. The molecule has 0 fully saturated rings. The topological polar surface area (TPSA) is 64.3 Å². The second-order valence-corrected chi connectivity index (χ2v) is 3.42. The average molecular weight is 299 g/mol. The third-order valence-electron chi connectivity index (χ3n) is 2.15. The molecule has 4 nitrogen and oxygen atoms in total. The largest absolute Gasteiger partial charge is 0.492 e. The van der Waals surface area contributed by atoms with Crippen LogP contribution in [-0.4, -0.2) is 26.1 Å². The first-order chi connectivity index (χ1) is 8.40. The summed E-state index contributed by atoms with van der Waals surface area (Å²) in [4.78, 5) is 11.3. The van der Waals surface area contributed by atoms with Gasteiger partial charge in [-0.25, -0.2) is 0 Å². The lowest BCUT2D eigenvalue weighted by Gasteiger charge is -2.14. The number of nitrogens with two attached hydrogens (primary N) is 1. The van der Waals surface area contributed by atoms with Crippen molar-refractivity contribution in [2.75, 3.05) is 20.2 Å². The number of ether oxygens (including phenoxy) is 1. The Morgan fingerprint density at radius 1 is 1.42 bits per heavy atom. The molecule has 1 aromatic rings. The summed E-state index contributed by atoms with van der Waals surface area (Å²) in [6.45, 7) is 0.0803. The second kappa shape index (κ2) is 7.20. The minimum Gasteiger partial charge on any atom is -0.492 e. The maximum atomic E-state index is 12.8. The number of hydrogen-bond acceptors (Lipinski definition) is 3. The number of rotatable bonds is 4. The van der Waals surface area contributed by atoms with E-state index in [9.17, 15) is 18.0 Å². The van der Waals surface area contributed by atoms with Gasteiger partial charge in [0.1, 0.15) is 12.4 Å². The minimum atomic E-state index is -4.59. The summed E-state index contributed by atoms with van der Waals surface area (Å²) in [7, 11) is 1.34. The fourth-order valence-electron chi connectivity index (χ4n) is 1.33. The molecule has 1 amide bonds. The molecule has 19 heavy (non-hydrogen) atoms. The highest BCUT2D eigenvalue weighted by molar-refractivity contribution is 5.94. The van der Waals surface area contributed by atoms with Gasteiger partial charge in [0.05, 0.1) is 5.56 Å². The monoisotopic (exact) mass is 298 g/mol. The van der Waals surface area contributed by atoms with Crippen molar-refractivity contribution in [1.82, 2.24) is 5.32 Å². The van der Waals surface area contributed by atoms with Gasteiger partial charge in [-0.1, -0.05) is 0 Å². The molecule has 1 aromatic carbocycles. The lowest BCUT2D eigenvalue weighted by molar-refractivity contribution is -0.138. The van der Waals surface area contributed by atoms with Crippen molar-refractivity contribution in [3.8, 4) is 5.75 Å². The van der Waals surface area contributed by atoms with Crippen LogP contribution in [0, 0.1) is 0 Å². The highest BCUT2D eigenvalue weighted by Gasteiger charge is 2.35. The van der Waals surface area contributed by atoms with E-state index in [2.05, 4.69) is 5.32 Å². The van der Waals surface area contributed by atoms with Gasteiger partial charge in [0.15, 0.2) is 0 Å². The zero-order chi connectivity index (χ0) is 13.8. The molecular formula is C11H14ClF3N2O2. The van der Waals surface area contributed by atoms with Gasteiger partial charge in [0.2, 0.25) is 0 Å². The van der Waals surface area contributed by atoms with Crippen molar-refractivity contribution < 1.29 is 22.7 Å². The van der Waals surface area contributed by atoms with Gasteiger partial charge in [-0.15, -0.1) is 12.4 Å². The average Bonchev–Trinajstić information content (AvgIpc) is 2.34. The molecule has 1 rings (SSSR count). The van der Waals surface area contributed by atoms with Crippen LogP contribution in [0.3, 0.4) is 0 Å². The number of hydrogen-bond donors (Lipinski definition) is 2. The lowest BCUT2D eigenvalue weighted by Crippen LogP contribution is -2.20. The fraction of sp³-hybridized carbons (Fsp3) is 0.364. The van der Waals surface area contributed by atoms with E-state index in [0.717, 1.165) is 12.1 Å². The Balaban J connectivity index is 0.00000324. The highest BCUT2D eigenvalue weighted by Crippen LogP contribution is 2.36. The van der Waals surface area contributed by atoms with E-state index in [1.54, 1.807) is 0 Å². The minimum absolute atomic E-state index is 0. The van der Waals surface area contributed by atoms with E-state index in [1.165, 1.54) is 13.1 Å². The molecule has 0 aromatic heterocycles. The molecule has 0 radical (unpaired) electrons. The molecule has 8 heteroatoms. The van der Waals surface area contributed by atoms with Crippen LogP contribution in [0.25, 0.3) is 0 Å². The Morgan fingerprint density at radius 3 is 2.53 bits per heavy atom. The van der Waals surface area contributed by atoms with E-state index in [-0.39, 0.29) is 36.9 Å². The number of benzene rings is 1. The van der Waals surface area contributed by atoms with Gasteiger partial charge in [-0.2, -0.15) is 13.2 Å². The SMILES string of the molecule is CNC(=O)c1ccc(OCCN)c(C(F)(F)F)c1.Cl. The highest BCUT2D eigenvalue weighted by atomic mass is 35.5. The molecule has 0 heterocycles. The van der Waals surface area contributed by atoms with Gasteiger partial charge in [-0.05, 0) is 18.2 Å². The second-order valence-electron chi connectivity index (χ2n) is 3.42. The molecule has 0 spiro atoms. The van der Waals surface area contributed by atoms with Gasteiger partial charge < -0.3 is 15.8 Å². The van der Waals surface area contributed by atoms with Gasteiger partial charge >= 0.3 is 6.18 Å². The molecular weight excluding hydrogens is 285 g/mol. The standard InChI is InChI=1S/C11H13F3N2O2.ClH/c1-16-10(17)7-2-3-9(18-5-4-15)8(6-7)11(12,13)14;/h2-3,6H,4-5,15H2,1H3,(H,16,17);1H. The van der Waals surface area contributed by atoms with E-state index >= 15 is 0 Å². The number of amides is 1. The normalized spacial score (nSPS) is 10.6. The predicted octanol–water partition coefficient (Wildman–Crippen LogP) is 1.82. The van der Waals surface area contributed by atoms with E-state index in [0.29, 0.717) is 0 Å². The maximum Gasteiger partial charge on any atom is 0.419 e. The number of carbonyl (C=O) groups is 1. The molecule has 0 unspecified atom stereocenters. The van der Waals surface area contributed by atoms with Crippen LogP contribution in [0.1, 0.15) is 15.9 Å². The summed E-state index contributed by atoms with van der Waals surface area (Å²) in [5.41, 5.74) is 4.10. The van der Waals surface area contributed by atoms with E-state index in [4.69, 9.17) is 10.5 Å². The fourth-order valence-corrected chi connectivity index (χ4v) is 1.33. The first-order valence-corrected chi connectivity index (χ1v) is 5.16. The van der Waals surface area contributed by atoms with Crippen LogP contribution in [0.15, 0.2) is 18.2 Å². The van der Waals surface area contributed by atoms with Crippen LogP contribution < -0.4 is 15.8 Å². The summed E-state index contributed by atoms with van der Waals surface area (Å²) in [5.74, 6) is -0.925. The van der Waals surface area contributed by atoms with Crippen molar-refractivity contribution in [2.45, 2.75) is 6.18 Å². The van der Waals surface area contributed by atoms with Crippen molar-refractivity contribution in [1.29, 1.82) is 0 Å². The summed E-state index contributed by atoms with van der Waals surface area (Å²) < 4.78 is 43.2. The van der Waals surface area contributed by atoms with Gasteiger partial charge in [0.25, 0.3) is 5.91 Å². The third kappa shape index (κ3) is 4.60. The molecule has 0 saturated heterocycles. The summed E-state index contributed by atoms with van der Waals surface area (Å²) >= 11 is 0. The lowest BCUT2D eigenvalue weighted by atomic mass is 10.1. The Kier molecular flexibility index (Phi) is 6.64. The summed E-state index contributed by atoms with van der Waals surface area (Å²) in [6, 6.07) is 3.13. The summed E-state index contributed by atoms with van der Waals surface area (Å²) in [5, 5.41) is 2.26. The number of nitrogens with one attached hydrogen (secondary N) is 1. The van der Waals surface area contributed by atoms with Crippen LogP contribution in [0.5, 0.6) is 5.75 Å². The number of halogens is 4.